The van der Waals surface area contributed by atoms with Crippen LogP contribution in [0.2, 0.25) is 0 Å². The summed E-state index contributed by atoms with van der Waals surface area (Å²) >= 11 is 0. The van der Waals surface area contributed by atoms with Crippen molar-refractivity contribution in [1.82, 2.24) is 4.90 Å². The summed E-state index contributed by atoms with van der Waals surface area (Å²) in [6.45, 7) is 1.37. The highest BCUT2D eigenvalue weighted by Gasteiger charge is 2.29. The van der Waals surface area contributed by atoms with Crippen LogP contribution in [0.3, 0.4) is 0 Å². The number of carboxylic acid groups (broad SMARTS) is 1. The number of fused-ring (bicyclic) bond motifs is 1. The molecule has 1 fully saturated rings. The molecule has 0 aliphatic carbocycles. The van der Waals surface area contributed by atoms with Gasteiger partial charge in [0.2, 0.25) is 0 Å². The Hall–Kier alpha value is -2.85. The van der Waals surface area contributed by atoms with Crippen molar-refractivity contribution in [1.29, 1.82) is 5.26 Å². The molecule has 0 amide bonds. The largest absolute Gasteiger partial charge is 0.477 e. The number of nitriles is 1. The average molecular weight is 311 g/mol. The summed E-state index contributed by atoms with van der Waals surface area (Å²) in [5.74, 6) is -0.773. The van der Waals surface area contributed by atoms with Gasteiger partial charge in [-0.2, -0.15) is 5.26 Å². The standard InChI is InChI=1S/C16H17N5O2/c17-9-11(16(22)23)14-15(21-7-5-10(18)6-8-21)20-13-4-2-1-3-12(13)19-14/h1-4,10,19H,5-8,18H2,(H,22,23). The number of likely N-dealkylation sites (tertiary alicyclic amines) is 1. The van der Waals surface area contributed by atoms with Gasteiger partial charge in [0, 0.05) is 19.1 Å². The Kier molecular flexibility index (Phi) is 4.00. The smallest absolute Gasteiger partial charge is 0.348 e. The van der Waals surface area contributed by atoms with E-state index >= 15 is 0 Å². The summed E-state index contributed by atoms with van der Waals surface area (Å²) in [4.78, 5) is 18.0. The van der Waals surface area contributed by atoms with Crippen molar-refractivity contribution in [3.63, 3.8) is 0 Å². The van der Waals surface area contributed by atoms with E-state index in [0.717, 1.165) is 18.5 Å². The van der Waals surface area contributed by atoms with E-state index in [9.17, 15) is 15.2 Å². The predicted molar refractivity (Wildman–Crippen MR) is 86.2 cm³/mol. The third kappa shape index (κ3) is 2.89. The number of anilines is 1. The molecule has 0 atom stereocenters. The number of aliphatic imine (C=N–C) groups is 1. The molecule has 0 unspecified atom stereocenters. The minimum Gasteiger partial charge on any atom is -0.477 e. The van der Waals surface area contributed by atoms with Crippen molar-refractivity contribution in [2.24, 2.45) is 10.7 Å². The van der Waals surface area contributed by atoms with Crippen molar-refractivity contribution in [3.05, 3.63) is 35.5 Å². The number of rotatable bonds is 1. The van der Waals surface area contributed by atoms with E-state index in [1.54, 1.807) is 12.1 Å². The molecule has 0 bridgehead atoms. The average Bonchev–Trinajstić information content (AvgIpc) is 2.55. The minimum absolute atomic E-state index is 0.151. The maximum atomic E-state index is 11.4. The number of para-hydroxylation sites is 2. The second kappa shape index (κ2) is 6.10. The van der Waals surface area contributed by atoms with Crippen molar-refractivity contribution < 1.29 is 9.90 Å². The highest BCUT2D eigenvalue weighted by Crippen LogP contribution is 2.33. The number of hydrogen-bond acceptors (Lipinski definition) is 6. The Morgan fingerprint density at radius 2 is 2.09 bits per heavy atom. The molecule has 2 aliphatic rings. The van der Waals surface area contributed by atoms with Gasteiger partial charge in [0.1, 0.15) is 11.8 Å². The second-order valence-electron chi connectivity index (χ2n) is 5.57. The highest BCUT2D eigenvalue weighted by molar-refractivity contribution is 6.12. The molecule has 0 spiro atoms. The zero-order chi connectivity index (χ0) is 16.4. The van der Waals surface area contributed by atoms with Crippen molar-refractivity contribution in [2.45, 2.75) is 18.9 Å². The number of hydrogen-bond donors (Lipinski definition) is 3. The van der Waals surface area contributed by atoms with E-state index in [2.05, 4.69) is 10.3 Å². The third-order valence-electron chi connectivity index (χ3n) is 4.03. The predicted octanol–water partition coefficient (Wildman–Crippen LogP) is 1.43. The van der Waals surface area contributed by atoms with Crippen LogP contribution < -0.4 is 11.1 Å². The summed E-state index contributed by atoms with van der Waals surface area (Å²) < 4.78 is 0. The molecule has 2 heterocycles. The first-order valence-electron chi connectivity index (χ1n) is 7.43. The van der Waals surface area contributed by atoms with Crippen LogP contribution in [0.15, 0.2) is 40.5 Å². The third-order valence-corrected chi connectivity index (χ3v) is 4.03. The van der Waals surface area contributed by atoms with Gasteiger partial charge in [-0.3, -0.25) is 0 Å². The van der Waals surface area contributed by atoms with E-state index in [0.29, 0.717) is 24.6 Å². The summed E-state index contributed by atoms with van der Waals surface area (Å²) in [5.41, 5.74) is 7.25. The van der Waals surface area contributed by atoms with Gasteiger partial charge in [0.05, 0.1) is 11.4 Å². The Morgan fingerprint density at radius 1 is 1.39 bits per heavy atom. The van der Waals surface area contributed by atoms with Crippen LogP contribution in [-0.4, -0.2) is 40.9 Å². The van der Waals surface area contributed by atoms with Crippen LogP contribution in [0.25, 0.3) is 0 Å². The molecular formula is C16H17N5O2. The zero-order valence-electron chi connectivity index (χ0n) is 12.5. The number of benzene rings is 1. The van der Waals surface area contributed by atoms with Crippen LogP contribution in [0.4, 0.5) is 11.4 Å². The van der Waals surface area contributed by atoms with Crippen LogP contribution in [0.5, 0.6) is 0 Å². The number of amidine groups is 1. The first-order valence-corrected chi connectivity index (χ1v) is 7.43. The van der Waals surface area contributed by atoms with Crippen molar-refractivity contribution >= 4 is 23.2 Å². The summed E-state index contributed by atoms with van der Waals surface area (Å²) in [6.07, 6.45) is 1.62. The first kappa shape index (κ1) is 15.1. The maximum absolute atomic E-state index is 11.4. The Morgan fingerprint density at radius 3 is 2.74 bits per heavy atom. The van der Waals surface area contributed by atoms with E-state index < -0.39 is 5.97 Å². The monoisotopic (exact) mass is 311 g/mol. The van der Waals surface area contributed by atoms with Gasteiger partial charge in [-0.05, 0) is 25.0 Å². The number of carbonyl (C=O) groups is 1. The molecule has 3 rings (SSSR count). The van der Waals surface area contributed by atoms with Gasteiger partial charge in [-0.15, -0.1) is 0 Å². The molecule has 2 aliphatic heterocycles. The van der Waals surface area contributed by atoms with E-state index in [-0.39, 0.29) is 17.3 Å². The molecule has 1 aromatic rings. The van der Waals surface area contributed by atoms with Gasteiger partial charge in [0.25, 0.3) is 0 Å². The normalized spacial score (nSPS) is 20.0. The first-order chi connectivity index (χ1) is 11.1. The summed E-state index contributed by atoms with van der Waals surface area (Å²) in [6, 6.07) is 9.27. The molecule has 1 aromatic carbocycles. The lowest BCUT2D eigenvalue weighted by atomic mass is 10.0. The fourth-order valence-corrected chi connectivity index (χ4v) is 2.76. The lowest BCUT2D eigenvalue weighted by molar-refractivity contribution is -0.132. The number of piperidine rings is 1. The van der Waals surface area contributed by atoms with Crippen LogP contribution in [0, 0.1) is 11.3 Å². The molecular weight excluding hydrogens is 294 g/mol. The van der Waals surface area contributed by atoms with Crippen LogP contribution in [-0.2, 0) is 4.79 Å². The van der Waals surface area contributed by atoms with Crippen LogP contribution in [0.1, 0.15) is 12.8 Å². The Labute approximate surface area is 133 Å². The van der Waals surface area contributed by atoms with Gasteiger partial charge in [-0.25, -0.2) is 9.79 Å². The van der Waals surface area contributed by atoms with Gasteiger partial charge in [0.15, 0.2) is 11.4 Å². The van der Waals surface area contributed by atoms with Gasteiger partial charge in [-0.1, -0.05) is 12.1 Å². The van der Waals surface area contributed by atoms with Gasteiger partial charge >= 0.3 is 5.97 Å². The van der Waals surface area contributed by atoms with E-state index in [4.69, 9.17) is 5.73 Å². The molecule has 1 saturated heterocycles. The highest BCUT2D eigenvalue weighted by atomic mass is 16.4. The zero-order valence-corrected chi connectivity index (χ0v) is 12.5. The molecule has 0 aromatic heterocycles. The van der Waals surface area contributed by atoms with Crippen molar-refractivity contribution in [2.75, 3.05) is 18.4 Å². The molecule has 118 valence electrons. The van der Waals surface area contributed by atoms with Gasteiger partial charge < -0.3 is 21.1 Å². The molecule has 0 radical (unpaired) electrons. The Balaban J connectivity index is 2.09. The molecule has 0 saturated carbocycles. The lowest BCUT2D eigenvalue weighted by Crippen LogP contribution is -2.45. The topological polar surface area (TPSA) is 115 Å². The second-order valence-corrected chi connectivity index (χ2v) is 5.57. The number of aliphatic carboxylic acids is 1. The Bertz CT molecular complexity index is 739. The quantitative estimate of drug-likeness (QED) is 0.534. The minimum atomic E-state index is -1.27. The number of nitrogens with one attached hydrogen (secondary N) is 1. The van der Waals surface area contributed by atoms with Crippen LogP contribution >= 0.6 is 0 Å². The fraction of sp³-hybridized carbons (Fsp3) is 0.312. The summed E-state index contributed by atoms with van der Waals surface area (Å²) in [5, 5.41) is 21.6. The molecule has 7 heteroatoms. The van der Waals surface area contributed by atoms with E-state index in [1.807, 2.05) is 23.1 Å². The molecule has 7 nitrogen and oxygen atoms in total. The van der Waals surface area contributed by atoms with Crippen molar-refractivity contribution in [3.8, 4) is 6.07 Å². The maximum Gasteiger partial charge on any atom is 0.348 e. The van der Waals surface area contributed by atoms with E-state index in [1.165, 1.54) is 0 Å². The SMILES string of the molecule is N#CC(C(=O)O)=C1Nc2ccccc2N=C1N1CCC(N)CC1. The molecule has 4 N–H and O–H groups in total. The lowest BCUT2D eigenvalue weighted by Gasteiger charge is -2.35. The summed E-state index contributed by atoms with van der Waals surface area (Å²) in [7, 11) is 0. The number of nitrogens with two attached hydrogens (primary N) is 1. The number of carboxylic acids is 1. The molecule has 23 heavy (non-hydrogen) atoms. The number of nitrogens with zero attached hydrogens (tertiary/aromatic N) is 3. The fourth-order valence-electron chi connectivity index (χ4n) is 2.76.